The summed E-state index contributed by atoms with van der Waals surface area (Å²) in [4.78, 5) is 23.0. The van der Waals surface area contributed by atoms with Gasteiger partial charge in [-0.05, 0) is 139 Å². The summed E-state index contributed by atoms with van der Waals surface area (Å²) in [6, 6.07) is 56.0. The van der Waals surface area contributed by atoms with Crippen molar-refractivity contribution in [1.29, 1.82) is 0 Å². The quantitative estimate of drug-likeness (QED) is 0.0874. The van der Waals surface area contributed by atoms with E-state index in [2.05, 4.69) is 41.5 Å². The van der Waals surface area contributed by atoms with Crippen molar-refractivity contribution < 1.29 is 47.5 Å². The summed E-state index contributed by atoms with van der Waals surface area (Å²) < 4.78 is 52.7. The van der Waals surface area contributed by atoms with Gasteiger partial charge in [0.25, 0.3) is 0 Å². The van der Waals surface area contributed by atoms with E-state index in [9.17, 15) is 28.6 Å². The van der Waals surface area contributed by atoms with Gasteiger partial charge >= 0.3 is 11.9 Å². The Balaban J connectivity index is 0.000000221. The molecule has 0 saturated heterocycles. The Morgan fingerprint density at radius 1 is 0.421 bits per heavy atom. The number of carboxylic acids is 2. The van der Waals surface area contributed by atoms with Crippen LogP contribution in [-0.4, -0.2) is 36.4 Å². The summed E-state index contributed by atoms with van der Waals surface area (Å²) in [5.74, 6) is -0.254. The lowest BCUT2D eigenvalue weighted by Crippen LogP contribution is -2.13. The molecule has 0 aliphatic rings. The zero-order valence-electron chi connectivity index (χ0n) is 44.4. The van der Waals surface area contributed by atoms with E-state index in [4.69, 9.17) is 18.9 Å². The number of carbonyl (C=O) groups is 2. The monoisotopic (exact) mass is 1020 g/mol. The van der Waals surface area contributed by atoms with Crippen molar-refractivity contribution in [2.24, 2.45) is 0 Å². The summed E-state index contributed by atoms with van der Waals surface area (Å²) >= 11 is 0. The molecule has 0 radical (unpaired) electrons. The molecule has 2 N–H and O–H groups in total. The number of hydrogen-bond donors (Lipinski definition) is 2. The van der Waals surface area contributed by atoms with Crippen molar-refractivity contribution in [2.45, 2.75) is 90.3 Å². The van der Waals surface area contributed by atoms with Gasteiger partial charge in [0, 0.05) is 23.0 Å². The number of hydrogen-bond acceptors (Lipinski definition) is 6. The summed E-state index contributed by atoms with van der Waals surface area (Å²) in [6.07, 6.45) is 0.0158. The molecule has 76 heavy (non-hydrogen) atoms. The summed E-state index contributed by atoms with van der Waals surface area (Å²) in [7, 11) is 3.14. The SMILES string of the molecule is COc1ccc(F)c(-c2cc(COc3ccc([C@@H](CC(=O)O)c4ccccc4)cc3)ccc2C(C)(C)C)c1.COc1ccc(F)c(-c2cc(COc3ccc([C@H](CC(=O)O)c4ccccc4)cc3)ccc2C(C)(C)C)c1. The summed E-state index contributed by atoms with van der Waals surface area (Å²) in [5.41, 5.74) is 9.85. The van der Waals surface area contributed by atoms with Crippen LogP contribution in [0.15, 0.2) is 182 Å². The molecule has 0 unspecified atom stereocenters. The molecule has 0 bridgehead atoms. The summed E-state index contributed by atoms with van der Waals surface area (Å²) in [6.45, 7) is 13.2. The molecule has 0 amide bonds. The second-order valence-corrected chi connectivity index (χ2v) is 20.8. The van der Waals surface area contributed by atoms with E-state index in [1.165, 1.54) is 12.1 Å². The third-order valence-electron chi connectivity index (χ3n) is 13.2. The first-order chi connectivity index (χ1) is 36.3. The number of ether oxygens (including phenoxy) is 4. The van der Waals surface area contributed by atoms with E-state index in [1.807, 2.05) is 146 Å². The van der Waals surface area contributed by atoms with Crippen LogP contribution in [-0.2, 0) is 33.6 Å². The Kier molecular flexibility index (Phi) is 18.2. The number of halogens is 2. The van der Waals surface area contributed by atoms with Crippen LogP contribution < -0.4 is 18.9 Å². The Labute approximate surface area is 445 Å². The zero-order valence-corrected chi connectivity index (χ0v) is 44.4. The fraction of sp³-hybridized carbons (Fsp3) is 0.242. The molecule has 8 aromatic rings. The second kappa shape index (κ2) is 24.9. The van der Waals surface area contributed by atoms with Crippen LogP contribution in [0.5, 0.6) is 23.0 Å². The molecule has 10 heteroatoms. The maximum Gasteiger partial charge on any atom is 0.304 e. The number of rotatable bonds is 18. The summed E-state index contributed by atoms with van der Waals surface area (Å²) in [5, 5.41) is 18.9. The van der Waals surface area contributed by atoms with Gasteiger partial charge in [-0.2, -0.15) is 0 Å². The molecule has 8 aromatic carbocycles. The molecule has 0 saturated carbocycles. The van der Waals surface area contributed by atoms with E-state index in [-0.39, 0.29) is 47.1 Å². The third-order valence-corrected chi connectivity index (χ3v) is 13.2. The van der Waals surface area contributed by atoms with E-state index >= 15 is 0 Å². The number of benzene rings is 8. The van der Waals surface area contributed by atoms with Gasteiger partial charge in [-0.15, -0.1) is 0 Å². The fourth-order valence-corrected chi connectivity index (χ4v) is 9.29. The lowest BCUT2D eigenvalue weighted by atomic mass is 9.81. The van der Waals surface area contributed by atoms with Crippen LogP contribution in [0.1, 0.15) is 111 Å². The Morgan fingerprint density at radius 2 is 0.750 bits per heavy atom. The van der Waals surface area contributed by atoms with Gasteiger partial charge in [0.2, 0.25) is 0 Å². The maximum absolute atomic E-state index is 14.9. The highest BCUT2D eigenvalue weighted by Gasteiger charge is 2.24. The van der Waals surface area contributed by atoms with Crippen LogP contribution in [0, 0.1) is 11.6 Å². The average Bonchev–Trinajstić information content (AvgIpc) is 3.42. The topological polar surface area (TPSA) is 112 Å². The highest BCUT2D eigenvalue weighted by molar-refractivity contribution is 5.73. The molecule has 392 valence electrons. The Morgan fingerprint density at radius 3 is 1.07 bits per heavy atom. The molecule has 8 nitrogen and oxygen atoms in total. The molecule has 0 aliphatic heterocycles. The van der Waals surface area contributed by atoms with Crippen LogP contribution in [0.4, 0.5) is 8.78 Å². The number of aliphatic carboxylic acids is 2. The minimum Gasteiger partial charge on any atom is -0.497 e. The van der Waals surface area contributed by atoms with Gasteiger partial charge in [0.15, 0.2) is 0 Å². The minimum atomic E-state index is -0.846. The standard InChI is InChI=1S/2C33H33FO4/c2*1-33(2,3)30-16-10-22(18-28(30)29-19-26(37-4)15-17-31(29)34)21-38-25-13-11-24(12-14-25)27(20-32(35)36)23-8-6-5-7-9-23/h2*5-19,27H,20-21H2,1-4H3,(H,35,36)/t2*27-/m10/s1. The Bertz CT molecular complexity index is 3000. The number of carboxylic acid groups (broad SMARTS) is 2. The van der Waals surface area contributed by atoms with Crippen LogP contribution in [0.25, 0.3) is 22.3 Å². The Hall–Kier alpha value is -8.24. The van der Waals surface area contributed by atoms with Crippen molar-refractivity contribution in [3.05, 3.63) is 238 Å². The molecular formula is C66H66F2O8. The lowest BCUT2D eigenvalue weighted by Gasteiger charge is -2.24. The average molecular weight is 1030 g/mol. The minimum absolute atomic E-state index is 0.00789. The molecule has 0 aliphatic carbocycles. The van der Waals surface area contributed by atoms with Gasteiger partial charge < -0.3 is 29.2 Å². The molecule has 0 spiro atoms. The predicted octanol–water partition coefficient (Wildman–Crippen LogP) is 16.0. The normalized spacial score (nSPS) is 12.1. The van der Waals surface area contributed by atoms with E-state index in [0.29, 0.717) is 47.3 Å². The van der Waals surface area contributed by atoms with E-state index in [1.54, 1.807) is 38.5 Å². The first kappa shape index (κ1) is 55.5. The van der Waals surface area contributed by atoms with Crippen LogP contribution in [0.3, 0.4) is 0 Å². The number of methoxy groups -OCH3 is 2. The van der Waals surface area contributed by atoms with Crippen molar-refractivity contribution in [2.75, 3.05) is 14.2 Å². The highest BCUT2D eigenvalue weighted by Crippen LogP contribution is 2.39. The smallest absolute Gasteiger partial charge is 0.304 e. The predicted molar refractivity (Wildman–Crippen MR) is 297 cm³/mol. The van der Waals surface area contributed by atoms with Crippen LogP contribution >= 0.6 is 0 Å². The molecule has 0 fully saturated rings. The van der Waals surface area contributed by atoms with Gasteiger partial charge in [-0.1, -0.05) is 151 Å². The zero-order chi connectivity index (χ0) is 54.6. The molecule has 8 rings (SSSR count). The molecule has 0 heterocycles. The van der Waals surface area contributed by atoms with Crippen molar-refractivity contribution in [3.63, 3.8) is 0 Å². The van der Waals surface area contributed by atoms with Gasteiger partial charge in [0.05, 0.1) is 27.1 Å². The molecule has 0 aromatic heterocycles. The van der Waals surface area contributed by atoms with Crippen molar-refractivity contribution in [1.82, 2.24) is 0 Å². The van der Waals surface area contributed by atoms with Crippen LogP contribution in [0.2, 0.25) is 0 Å². The molecule has 2 atom stereocenters. The first-order valence-corrected chi connectivity index (χ1v) is 25.2. The maximum atomic E-state index is 14.9. The lowest BCUT2D eigenvalue weighted by molar-refractivity contribution is -0.138. The largest absolute Gasteiger partial charge is 0.497 e. The van der Waals surface area contributed by atoms with Gasteiger partial charge in [-0.3, -0.25) is 9.59 Å². The highest BCUT2D eigenvalue weighted by atomic mass is 19.1. The molecular weight excluding hydrogens is 959 g/mol. The van der Waals surface area contributed by atoms with E-state index < -0.39 is 11.9 Å². The third kappa shape index (κ3) is 14.5. The fourth-order valence-electron chi connectivity index (χ4n) is 9.29. The van der Waals surface area contributed by atoms with Gasteiger partial charge in [0.1, 0.15) is 47.8 Å². The first-order valence-electron chi connectivity index (χ1n) is 25.2. The van der Waals surface area contributed by atoms with Crippen molar-refractivity contribution >= 4 is 11.9 Å². The van der Waals surface area contributed by atoms with Gasteiger partial charge in [-0.25, -0.2) is 8.78 Å². The second-order valence-electron chi connectivity index (χ2n) is 20.8. The van der Waals surface area contributed by atoms with Crippen molar-refractivity contribution in [3.8, 4) is 45.3 Å². The van der Waals surface area contributed by atoms with E-state index in [0.717, 1.165) is 55.6 Å².